The van der Waals surface area contributed by atoms with Gasteiger partial charge in [0.15, 0.2) is 0 Å². The number of anilines is 3. The number of aryl methyl sites for hydroxylation is 1. The predicted molar refractivity (Wildman–Crippen MR) is 116 cm³/mol. The van der Waals surface area contributed by atoms with Gasteiger partial charge in [-0.15, -0.1) is 0 Å². The van der Waals surface area contributed by atoms with E-state index in [4.69, 9.17) is 0 Å². The molecule has 4 rings (SSSR count). The Bertz CT molecular complexity index is 933. The highest BCUT2D eigenvalue weighted by atomic mass is 16.1. The molecule has 0 radical (unpaired) electrons. The molecular formula is C23H25N5O. The van der Waals surface area contributed by atoms with Crippen molar-refractivity contribution in [1.29, 1.82) is 0 Å². The largest absolute Gasteiger partial charge is 0.353 e. The molecule has 0 saturated carbocycles. The summed E-state index contributed by atoms with van der Waals surface area (Å²) in [5.41, 5.74) is 2.91. The van der Waals surface area contributed by atoms with E-state index in [1.54, 1.807) is 6.20 Å². The lowest BCUT2D eigenvalue weighted by atomic mass is 10.1. The molecule has 6 heteroatoms. The number of hydrogen-bond acceptors (Lipinski definition) is 5. The van der Waals surface area contributed by atoms with Gasteiger partial charge in [0.2, 0.25) is 5.91 Å². The summed E-state index contributed by atoms with van der Waals surface area (Å²) in [6, 6.07) is 17.9. The molecule has 2 aromatic heterocycles. The van der Waals surface area contributed by atoms with Gasteiger partial charge in [-0.1, -0.05) is 35.9 Å². The van der Waals surface area contributed by atoms with Gasteiger partial charge in [0.1, 0.15) is 11.6 Å². The molecule has 1 fully saturated rings. The molecule has 29 heavy (non-hydrogen) atoms. The van der Waals surface area contributed by atoms with Crippen LogP contribution in [0.2, 0.25) is 0 Å². The molecule has 1 amide bonds. The molecule has 148 valence electrons. The third-order valence-corrected chi connectivity index (χ3v) is 5.09. The smallest absolute Gasteiger partial charge is 0.228 e. The topological polar surface area (TPSA) is 61.4 Å². The van der Waals surface area contributed by atoms with Crippen molar-refractivity contribution in [3.8, 4) is 0 Å². The van der Waals surface area contributed by atoms with Crippen molar-refractivity contribution in [2.75, 3.05) is 41.3 Å². The van der Waals surface area contributed by atoms with Crippen LogP contribution in [0.1, 0.15) is 11.1 Å². The first-order valence-electron chi connectivity index (χ1n) is 9.90. The zero-order valence-corrected chi connectivity index (χ0v) is 16.6. The SMILES string of the molecule is Cc1ccc(CC(=O)Nc2ccc(N3CCN(c4ccccn4)CC3)nc2)cc1. The first-order valence-corrected chi connectivity index (χ1v) is 9.90. The minimum Gasteiger partial charge on any atom is -0.353 e. The Morgan fingerprint density at radius 1 is 0.897 bits per heavy atom. The molecule has 1 aliphatic rings. The number of hydrogen-bond donors (Lipinski definition) is 1. The van der Waals surface area contributed by atoms with Crippen LogP contribution in [0.25, 0.3) is 0 Å². The first-order chi connectivity index (χ1) is 14.2. The van der Waals surface area contributed by atoms with E-state index >= 15 is 0 Å². The Morgan fingerprint density at radius 2 is 1.59 bits per heavy atom. The molecule has 1 N–H and O–H groups in total. The van der Waals surface area contributed by atoms with Crippen molar-refractivity contribution in [2.45, 2.75) is 13.3 Å². The Kier molecular flexibility index (Phi) is 5.70. The van der Waals surface area contributed by atoms with Gasteiger partial charge < -0.3 is 15.1 Å². The Labute approximate surface area is 171 Å². The zero-order valence-electron chi connectivity index (χ0n) is 16.6. The quantitative estimate of drug-likeness (QED) is 0.728. The van der Waals surface area contributed by atoms with Crippen molar-refractivity contribution in [2.24, 2.45) is 0 Å². The van der Waals surface area contributed by atoms with Crippen LogP contribution in [0.3, 0.4) is 0 Å². The summed E-state index contributed by atoms with van der Waals surface area (Å²) in [6.45, 7) is 5.64. The number of carbonyl (C=O) groups excluding carboxylic acids is 1. The molecule has 0 atom stereocenters. The summed E-state index contributed by atoms with van der Waals surface area (Å²) in [5, 5.41) is 2.93. The van der Waals surface area contributed by atoms with E-state index in [1.165, 1.54) is 5.56 Å². The fourth-order valence-electron chi connectivity index (χ4n) is 3.45. The van der Waals surface area contributed by atoms with Gasteiger partial charge in [-0.3, -0.25) is 4.79 Å². The lowest BCUT2D eigenvalue weighted by Gasteiger charge is -2.36. The van der Waals surface area contributed by atoms with E-state index in [9.17, 15) is 4.79 Å². The van der Waals surface area contributed by atoms with Crippen molar-refractivity contribution in [3.05, 3.63) is 78.1 Å². The number of nitrogens with one attached hydrogen (secondary N) is 1. The van der Waals surface area contributed by atoms with Gasteiger partial charge in [-0.05, 0) is 36.8 Å². The first kappa shape index (κ1) is 18.9. The minimum atomic E-state index is -0.0348. The lowest BCUT2D eigenvalue weighted by molar-refractivity contribution is -0.115. The highest BCUT2D eigenvalue weighted by Crippen LogP contribution is 2.19. The number of benzene rings is 1. The molecule has 3 aromatic rings. The monoisotopic (exact) mass is 387 g/mol. The number of piperazine rings is 1. The average molecular weight is 387 g/mol. The summed E-state index contributed by atoms with van der Waals surface area (Å²) >= 11 is 0. The third-order valence-electron chi connectivity index (χ3n) is 5.09. The fourth-order valence-corrected chi connectivity index (χ4v) is 3.45. The van der Waals surface area contributed by atoms with E-state index < -0.39 is 0 Å². The second-order valence-corrected chi connectivity index (χ2v) is 7.28. The Hall–Kier alpha value is -3.41. The molecule has 1 aromatic carbocycles. The second kappa shape index (κ2) is 8.73. The lowest BCUT2D eigenvalue weighted by Crippen LogP contribution is -2.47. The molecule has 0 aliphatic carbocycles. The Balaban J connectivity index is 1.30. The summed E-state index contributed by atoms with van der Waals surface area (Å²) in [4.78, 5) is 25.8. The summed E-state index contributed by atoms with van der Waals surface area (Å²) < 4.78 is 0. The number of pyridine rings is 2. The number of amides is 1. The van der Waals surface area contributed by atoms with Crippen LogP contribution in [-0.2, 0) is 11.2 Å². The third kappa shape index (κ3) is 4.90. The van der Waals surface area contributed by atoms with E-state index in [0.29, 0.717) is 6.42 Å². The number of rotatable bonds is 5. The van der Waals surface area contributed by atoms with E-state index in [1.807, 2.05) is 67.7 Å². The second-order valence-electron chi connectivity index (χ2n) is 7.28. The molecular weight excluding hydrogens is 362 g/mol. The van der Waals surface area contributed by atoms with Crippen LogP contribution in [0.4, 0.5) is 17.3 Å². The zero-order chi connectivity index (χ0) is 20.1. The maximum Gasteiger partial charge on any atom is 0.228 e. The highest BCUT2D eigenvalue weighted by Gasteiger charge is 2.18. The van der Waals surface area contributed by atoms with Crippen LogP contribution in [-0.4, -0.2) is 42.1 Å². The summed E-state index contributed by atoms with van der Waals surface area (Å²) in [7, 11) is 0. The maximum absolute atomic E-state index is 12.3. The van der Waals surface area contributed by atoms with Crippen molar-refractivity contribution in [3.63, 3.8) is 0 Å². The van der Waals surface area contributed by atoms with Gasteiger partial charge in [0, 0.05) is 32.4 Å². The van der Waals surface area contributed by atoms with Crippen molar-refractivity contribution in [1.82, 2.24) is 9.97 Å². The van der Waals surface area contributed by atoms with Gasteiger partial charge in [0.05, 0.1) is 18.3 Å². The van der Waals surface area contributed by atoms with Crippen LogP contribution in [0.15, 0.2) is 67.0 Å². The van der Waals surface area contributed by atoms with Gasteiger partial charge >= 0.3 is 0 Å². The predicted octanol–water partition coefficient (Wildman–Crippen LogP) is 3.29. The Morgan fingerprint density at radius 3 is 2.17 bits per heavy atom. The molecule has 0 bridgehead atoms. The molecule has 1 aliphatic heterocycles. The number of carbonyl (C=O) groups is 1. The summed E-state index contributed by atoms with van der Waals surface area (Å²) in [6.07, 6.45) is 3.92. The number of nitrogens with zero attached hydrogens (tertiary/aromatic N) is 4. The van der Waals surface area contributed by atoms with Gasteiger partial charge in [-0.25, -0.2) is 9.97 Å². The average Bonchev–Trinajstić information content (AvgIpc) is 2.77. The van der Waals surface area contributed by atoms with Crippen LogP contribution < -0.4 is 15.1 Å². The standard InChI is InChI=1S/C23H25N5O/c1-18-5-7-19(8-6-18)16-23(29)26-20-9-10-22(25-17-20)28-14-12-27(13-15-28)21-4-2-3-11-24-21/h2-11,17H,12-16H2,1H3,(H,26,29). The van der Waals surface area contributed by atoms with E-state index in [2.05, 4.69) is 25.1 Å². The highest BCUT2D eigenvalue weighted by molar-refractivity contribution is 5.92. The minimum absolute atomic E-state index is 0.0348. The molecule has 0 spiro atoms. The van der Waals surface area contributed by atoms with E-state index in [0.717, 1.165) is 49.1 Å². The molecule has 1 saturated heterocycles. The summed E-state index contributed by atoms with van der Waals surface area (Å²) in [5.74, 6) is 1.92. The molecule has 6 nitrogen and oxygen atoms in total. The van der Waals surface area contributed by atoms with Crippen LogP contribution >= 0.6 is 0 Å². The van der Waals surface area contributed by atoms with Gasteiger partial charge in [0.25, 0.3) is 0 Å². The fraction of sp³-hybridized carbons (Fsp3) is 0.261. The van der Waals surface area contributed by atoms with Crippen molar-refractivity contribution < 1.29 is 4.79 Å². The maximum atomic E-state index is 12.3. The van der Waals surface area contributed by atoms with Crippen LogP contribution in [0.5, 0.6) is 0 Å². The van der Waals surface area contributed by atoms with Crippen molar-refractivity contribution >= 4 is 23.2 Å². The van der Waals surface area contributed by atoms with Crippen LogP contribution in [0, 0.1) is 6.92 Å². The van der Waals surface area contributed by atoms with Gasteiger partial charge in [-0.2, -0.15) is 0 Å². The number of aromatic nitrogens is 2. The van der Waals surface area contributed by atoms with E-state index in [-0.39, 0.29) is 5.91 Å². The molecule has 0 unspecified atom stereocenters. The normalized spacial score (nSPS) is 14.0. The molecule has 3 heterocycles.